The van der Waals surface area contributed by atoms with Gasteiger partial charge in [-0.3, -0.25) is 14.9 Å². The second-order valence-electron chi connectivity index (χ2n) is 6.63. The van der Waals surface area contributed by atoms with E-state index in [-0.39, 0.29) is 16.9 Å². The van der Waals surface area contributed by atoms with Crippen molar-refractivity contribution in [2.24, 2.45) is 5.73 Å². The Bertz CT molecular complexity index is 1290. The Kier molecular flexibility index (Phi) is 4.73. The lowest BCUT2D eigenvalue weighted by atomic mass is 10.1. The summed E-state index contributed by atoms with van der Waals surface area (Å²) < 4.78 is 7.12. The summed E-state index contributed by atoms with van der Waals surface area (Å²) in [5, 5.41) is 11.9. The first kappa shape index (κ1) is 18.6. The van der Waals surface area contributed by atoms with Crippen molar-refractivity contribution in [1.82, 2.24) is 14.5 Å². The van der Waals surface area contributed by atoms with E-state index < -0.39 is 4.92 Å². The smallest absolute Gasteiger partial charge is 0.275 e. The SMILES string of the molecule is COc1ccc2[nH]c(=O)c(-c3cn(CCCN)c4cc([N+](=O)[O-])ccc34)nc2c1. The van der Waals surface area contributed by atoms with E-state index in [1.807, 2.05) is 4.57 Å². The molecule has 0 spiro atoms. The topological polar surface area (TPSA) is 129 Å². The number of nitro groups is 1. The molecule has 0 saturated carbocycles. The van der Waals surface area contributed by atoms with Gasteiger partial charge in [0, 0.05) is 41.9 Å². The van der Waals surface area contributed by atoms with E-state index >= 15 is 0 Å². The molecule has 0 amide bonds. The minimum Gasteiger partial charge on any atom is -0.497 e. The molecule has 0 bridgehead atoms. The highest BCUT2D eigenvalue weighted by molar-refractivity contribution is 5.97. The number of aromatic nitrogens is 3. The summed E-state index contributed by atoms with van der Waals surface area (Å²) in [6.45, 7) is 1.06. The summed E-state index contributed by atoms with van der Waals surface area (Å²) in [6.07, 6.45) is 2.50. The van der Waals surface area contributed by atoms with Crippen LogP contribution in [-0.2, 0) is 6.54 Å². The van der Waals surface area contributed by atoms with Gasteiger partial charge < -0.3 is 20.0 Å². The summed E-state index contributed by atoms with van der Waals surface area (Å²) in [5.74, 6) is 0.629. The largest absolute Gasteiger partial charge is 0.497 e. The first-order valence-electron chi connectivity index (χ1n) is 9.07. The maximum Gasteiger partial charge on any atom is 0.275 e. The third-order valence-electron chi connectivity index (χ3n) is 4.84. The molecule has 9 heteroatoms. The fourth-order valence-corrected chi connectivity index (χ4v) is 3.40. The maximum atomic E-state index is 12.7. The van der Waals surface area contributed by atoms with E-state index in [0.29, 0.717) is 52.8 Å². The highest BCUT2D eigenvalue weighted by Crippen LogP contribution is 2.31. The number of non-ortho nitro benzene ring substituents is 1. The van der Waals surface area contributed by atoms with Gasteiger partial charge >= 0.3 is 0 Å². The van der Waals surface area contributed by atoms with Crippen molar-refractivity contribution >= 4 is 27.6 Å². The summed E-state index contributed by atoms with van der Waals surface area (Å²) in [4.78, 5) is 30.9. The third-order valence-corrected chi connectivity index (χ3v) is 4.84. The third kappa shape index (κ3) is 3.32. The van der Waals surface area contributed by atoms with Gasteiger partial charge in [-0.15, -0.1) is 0 Å². The molecule has 0 aliphatic carbocycles. The molecule has 3 N–H and O–H groups in total. The van der Waals surface area contributed by atoms with Crippen LogP contribution < -0.4 is 16.0 Å². The van der Waals surface area contributed by atoms with Crippen LogP contribution in [0.5, 0.6) is 5.75 Å². The van der Waals surface area contributed by atoms with Gasteiger partial charge in [-0.1, -0.05) is 0 Å². The van der Waals surface area contributed by atoms with Crippen molar-refractivity contribution in [3.63, 3.8) is 0 Å². The van der Waals surface area contributed by atoms with Crippen LogP contribution in [0.2, 0.25) is 0 Å². The molecule has 2 heterocycles. The molecule has 4 aromatic rings. The van der Waals surface area contributed by atoms with Crippen LogP contribution in [0.25, 0.3) is 33.2 Å². The van der Waals surface area contributed by atoms with Gasteiger partial charge in [0.25, 0.3) is 11.2 Å². The van der Waals surface area contributed by atoms with E-state index in [1.165, 1.54) is 12.1 Å². The Balaban J connectivity index is 1.96. The predicted molar refractivity (Wildman–Crippen MR) is 110 cm³/mol. The van der Waals surface area contributed by atoms with Crippen molar-refractivity contribution in [2.45, 2.75) is 13.0 Å². The number of ether oxygens (including phenoxy) is 1. The van der Waals surface area contributed by atoms with Crippen molar-refractivity contribution in [2.75, 3.05) is 13.7 Å². The molecule has 0 aliphatic rings. The average molecular weight is 393 g/mol. The van der Waals surface area contributed by atoms with Crippen molar-refractivity contribution in [3.05, 3.63) is 63.1 Å². The van der Waals surface area contributed by atoms with Gasteiger partial charge in [0.05, 0.1) is 28.6 Å². The Hall–Kier alpha value is -3.72. The van der Waals surface area contributed by atoms with Gasteiger partial charge in [0.1, 0.15) is 11.4 Å². The fraction of sp³-hybridized carbons (Fsp3) is 0.200. The quantitative estimate of drug-likeness (QED) is 0.383. The maximum absolute atomic E-state index is 12.7. The van der Waals surface area contributed by atoms with Gasteiger partial charge in [0.2, 0.25) is 0 Å². The van der Waals surface area contributed by atoms with Crippen LogP contribution in [0, 0.1) is 10.1 Å². The molecule has 0 aliphatic heterocycles. The number of methoxy groups -OCH3 is 1. The number of aryl methyl sites for hydroxylation is 1. The molecule has 0 saturated heterocycles. The fourth-order valence-electron chi connectivity index (χ4n) is 3.40. The highest BCUT2D eigenvalue weighted by Gasteiger charge is 2.18. The Labute approximate surface area is 164 Å². The number of hydrogen-bond donors (Lipinski definition) is 2. The number of benzene rings is 2. The molecular weight excluding hydrogens is 374 g/mol. The lowest BCUT2D eigenvalue weighted by Gasteiger charge is -2.04. The number of H-pyrrole nitrogens is 1. The number of nitrogens with zero attached hydrogens (tertiary/aromatic N) is 3. The average Bonchev–Trinajstić information content (AvgIpc) is 3.09. The zero-order valence-electron chi connectivity index (χ0n) is 15.7. The number of nitro benzene ring substituents is 1. The van der Waals surface area contributed by atoms with Gasteiger partial charge in [-0.05, 0) is 31.2 Å². The van der Waals surface area contributed by atoms with E-state index in [0.717, 1.165) is 0 Å². The molecule has 0 atom stereocenters. The van der Waals surface area contributed by atoms with Crippen molar-refractivity contribution in [1.29, 1.82) is 0 Å². The summed E-state index contributed by atoms with van der Waals surface area (Å²) in [7, 11) is 1.56. The van der Waals surface area contributed by atoms with Crippen LogP contribution in [0.1, 0.15) is 6.42 Å². The van der Waals surface area contributed by atoms with Crippen LogP contribution in [-0.4, -0.2) is 33.1 Å². The van der Waals surface area contributed by atoms with E-state index in [9.17, 15) is 14.9 Å². The summed E-state index contributed by atoms with van der Waals surface area (Å²) >= 11 is 0. The standard InChI is InChI=1S/C20H19N5O4/c1-29-13-4-6-16-17(10-13)22-19(20(26)23-16)15-11-24(8-2-7-21)18-9-12(25(27)28)3-5-14(15)18/h3-6,9-11H,2,7-8,21H2,1H3,(H,23,26). The zero-order chi connectivity index (χ0) is 20.5. The van der Waals surface area contributed by atoms with Gasteiger partial charge in [-0.25, -0.2) is 4.98 Å². The van der Waals surface area contributed by atoms with E-state index in [1.54, 1.807) is 37.6 Å². The number of aromatic amines is 1. The molecule has 9 nitrogen and oxygen atoms in total. The lowest BCUT2D eigenvalue weighted by Crippen LogP contribution is -2.11. The van der Waals surface area contributed by atoms with Crippen LogP contribution >= 0.6 is 0 Å². The number of rotatable bonds is 6. The molecule has 0 radical (unpaired) electrons. The molecule has 0 unspecified atom stereocenters. The normalized spacial score (nSPS) is 11.2. The van der Waals surface area contributed by atoms with Crippen molar-refractivity contribution in [3.8, 4) is 17.0 Å². The van der Waals surface area contributed by atoms with Crippen molar-refractivity contribution < 1.29 is 9.66 Å². The minimum atomic E-state index is -0.438. The zero-order valence-corrected chi connectivity index (χ0v) is 15.7. The molecule has 4 rings (SSSR count). The van der Waals surface area contributed by atoms with Crippen LogP contribution in [0.4, 0.5) is 5.69 Å². The van der Waals surface area contributed by atoms with E-state index in [4.69, 9.17) is 10.5 Å². The van der Waals surface area contributed by atoms with Gasteiger partial charge in [-0.2, -0.15) is 0 Å². The summed E-state index contributed by atoms with van der Waals surface area (Å²) in [5.41, 5.74) is 7.99. The predicted octanol–water partition coefficient (Wildman–Crippen LogP) is 2.81. The van der Waals surface area contributed by atoms with Gasteiger partial charge in [0.15, 0.2) is 0 Å². The molecule has 148 valence electrons. The molecule has 29 heavy (non-hydrogen) atoms. The van der Waals surface area contributed by atoms with Crippen LogP contribution in [0.3, 0.4) is 0 Å². The number of fused-ring (bicyclic) bond motifs is 2. The second kappa shape index (κ2) is 7.36. The summed E-state index contributed by atoms with van der Waals surface area (Å²) in [6, 6.07) is 9.81. The number of hydrogen-bond acceptors (Lipinski definition) is 6. The lowest BCUT2D eigenvalue weighted by molar-refractivity contribution is -0.384. The number of nitrogens with two attached hydrogens (primary N) is 1. The Morgan fingerprint density at radius 2 is 2.10 bits per heavy atom. The first-order valence-corrected chi connectivity index (χ1v) is 9.07. The Morgan fingerprint density at radius 3 is 2.83 bits per heavy atom. The Morgan fingerprint density at radius 1 is 1.28 bits per heavy atom. The van der Waals surface area contributed by atoms with E-state index in [2.05, 4.69) is 9.97 Å². The van der Waals surface area contributed by atoms with Crippen LogP contribution in [0.15, 0.2) is 47.4 Å². The molecule has 2 aromatic carbocycles. The molecule has 2 aromatic heterocycles. The monoisotopic (exact) mass is 393 g/mol. The molecule has 0 fully saturated rings. The second-order valence-corrected chi connectivity index (χ2v) is 6.63. The minimum absolute atomic E-state index is 0.0127. The first-order chi connectivity index (χ1) is 14.0. The molecular formula is C20H19N5O4. The highest BCUT2D eigenvalue weighted by atomic mass is 16.6. The number of nitrogens with one attached hydrogen (secondary N) is 1.